The molecule has 1 heteroatoms. The van der Waals surface area contributed by atoms with Crippen LogP contribution < -0.4 is 0 Å². The van der Waals surface area contributed by atoms with Crippen LogP contribution in [0.3, 0.4) is 0 Å². The molecule has 0 aliphatic heterocycles. The lowest BCUT2D eigenvalue weighted by atomic mass is 10.0. The van der Waals surface area contributed by atoms with Gasteiger partial charge in [-0.25, -0.2) is 0 Å². The summed E-state index contributed by atoms with van der Waals surface area (Å²) in [6.07, 6.45) is 4.15. The average Bonchev–Trinajstić information content (AvgIpc) is 1.85. The second kappa shape index (κ2) is 3.39. The van der Waals surface area contributed by atoms with Gasteiger partial charge in [0.05, 0.1) is 0 Å². The molecule has 8 heavy (non-hydrogen) atoms. The van der Waals surface area contributed by atoms with E-state index in [9.17, 15) is 0 Å². The first-order valence-corrected chi connectivity index (χ1v) is 4.14. The van der Waals surface area contributed by atoms with Crippen LogP contribution >= 0.6 is 11.8 Å². The summed E-state index contributed by atoms with van der Waals surface area (Å²) in [5, 5.41) is 0.399. The Bertz CT molecular complexity index is 115. The van der Waals surface area contributed by atoms with E-state index in [-0.39, 0.29) is 0 Å². The average molecular weight is 133 g/mol. The third kappa shape index (κ3) is 1.70. The molecule has 1 aliphatic carbocycles. The van der Waals surface area contributed by atoms with Crippen LogP contribution in [0, 0.1) is 0 Å². The summed E-state index contributed by atoms with van der Waals surface area (Å²) < 4.78 is 21.2. The molecule has 0 radical (unpaired) electrons. The maximum atomic E-state index is 7.06. The van der Waals surface area contributed by atoms with E-state index >= 15 is 0 Å². The lowest BCUT2D eigenvalue weighted by Gasteiger charge is -2.18. The fourth-order valence-electron chi connectivity index (χ4n) is 1.18. The molecular formula is C7H14S. The van der Waals surface area contributed by atoms with Crippen LogP contribution in [0.25, 0.3) is 0 Å². The Morgan fingerprint density at radius 1 is 1.38 bits per heavy atom. The largest absolute Gasteiger partial charge is 0.162 e. The van der Waals surface area contributed by atoms with E-state index in [0.717, 1.165) is 12.8 Å². The topological polar surface area (TPSA) is 0 Å². The van der Waals surface area contributed by atoms with Crippen molar-refractivity contribution >= 4 is 11.8 Å². The zero-order valence-corrected chi connectivity index (χ0v) is 5.84. The molecule has 1 rings (SSSR count). The molecule has 48 valence electrons. The van der Waals surface area contributed by atoms with Gasteiger partial charge in [-0.2, -0.15) is 11.8 Å². The number of thioether (sulfide) groups is 1. The predicted octanol–water partition coefficient (Wildman–Crippen LogP) is 2.68. The van der Waals surface area contributed by atoms with Crippen molar-refractivity contribution in [1.29, 1.82) is 0 Å². The molecule has 0 aromatic carbocycles. The van der Waals surface area contributed by atoms with Gasteiger partial charge in [0.25, 0.3) is 0 Å². The summed E-state index contributed by atoms with van der Waals surface area (Å²) in [5.41, 5.74) is 0. The SMILES string of the molecule is [2H]C([2H])([2H])SC1CCCCC1. The zero-order valence-electron chi connectivity index (χ0n) is 8.02. The van der Waals surface area contributed by atoms with Crippen LogP contribution in [0.1, 0.15) is 36.2 Å². The van der Waals surface area contributed by atoms with Gasteiger partial charge >= 0.3 is 0 Å². The smallest absolute Gasteiger partial charge is 0.0344 e. The highest BCUT2D eigenvalue weighted by Crippen LogP contribution is 2.25. The fourth-order valence-corrected chi connectivity index (χ4v) is 1.75. The first-order chi connectivity index (χ1) is 5.08. The molecule has 0 heterocycles. The van der Waals surface area contributed by atoms with Crippen molar-refractivity contribution in [1.82, 2.24) is 0 Å². The van der Waals surface area contributed by atoms with Gasteiger partial charge in [0.2, 0.25) is 0 Å². The standard InChI is InChI=1S/C7H14S/c1-8-7-5-3-2-4-6-7/h7H,2-6H2,1H3/i1D3. The lowest BCUT2D eigenvalue weighted by Crippen LogP contribution is -2.06. The molecule has 0 atom stereocenters. The van der Waals surface area contributed by atoms with Crippen LogP contribution in [0.15, 0.2) is 0 Å². The molecular weight excluding hydrogens is 116 g/mol. The van der Waals surface area contributed by atoms with Crippen molar-refractivity contribution in [3.8, 4) is 0 Å². The molecule has 1 aliphatic rings. The lowest BCUT2D eigenvalue weighted by molar-refractivity contribution is 0.516. The Kier molecular flexibility index (Phi) is 1.48. The number of hydrogen-bond donors (Lipinski definition) is 0. The van der Waals surface area contributed by atoms with Crippen molar-refractivity contribution < 1.29 is 4.11 Å². The van der Waals surface area contributed by atoms with Gasteiger partial charge in [0.15, 0.2) is 0 Å². The monoisotopic (exact) mass is 133 g/mol. The van der Waals surface area contributed by atoms with E-state index in [2.05, 4.69) is 0 Å². The highest BCUT2D eigenvalue weighted by atomic mass is 32.2. The predicted molar refractivity (Wildman–Crippen MR) is 40.4 cm³/mol. The quantitative estimate of drug-likeness (QED) is 0.530. The van der Waals surface area contributed by atoms with Crippen LogP contribution in [0.4, 0.5) is 0 Å². The molecule has 0 unspecified atom stereocenters. The summed E-state index contributed by atoms with van der Waals surface area (Å²) in [5.74, 6) is 0. The molecule has 1 saturated carbocycles. The Morgan fingerprint density at radius 2 is 2.12 bits per heavy atom. The van der Waals surface area contributed by atoms with E-state index in [1.54, 1.807) is 0 Å². The normalized spacial score (nSPS) is 30.8. The minimum absolute atomic E-state index is 0.399. The zero-order chi connectivity index (χ0) is 8.32. The molecule has 0 N–H and O–H groups in total. The van der Waals surface area contributed by atoms with E-state index in [1.165, 1.54) is 31.0 Å². The van der Waals surface area contributed by atoms with Gasteiger partial charge < -0.3 is 0 Å². The summed E-state index contributed by atoms with van der Waals surface area (Å²) >= 11 is 1.18. The van der Waals surface area contributed by atoms with Gasteiger partial charge in [0, 0.05) is 9.36 Å². The first-order valence-electron chi connectivity index (χ1n) is 4.76. The Labute approximate surface area is 60.3 Å². The van der Waals surface area contributed by atoms with E-state index in [0.29, 0.717) is 5.25 Å². The third-order valence-corrected chi connectivity index (χ3v) is 2.52. The molecule has 0 saturated heterocycles. The van der Waals surface area contributed by atoms with Crippen LogP contribution in [0.5, 0.6) is 0 Å². The second-order valence-electron chi connectivity index (χ2n) is 2.38. The molecule has 0 amide bonds. The Balaban J connectivity index is 2.24. The molecule has 0 spiro atoms. The summed E-state index contributed by atoms with van der Waals surface area (Å²) in [7, 11) is 0. The third-order valence-electron chi connectivity index (χ3n) is 1.72. The van der Waals surface area contributed by atoms with Gasteiger partial charge in [-0.3, -0.25) is 0 Å². The van der Waals surface area contributed by atoms with Crippen LogP contribution in [-0.4, -0.2) is 11.4 Å². The van der Waals surface area contributed by atoms with Crippen molar-refractivity contribution in [3.63, 3.8) is 0 Å². The first kappa shape index (κ1) is 3.50. The van der Waals surface area contributed by atoms with Crippen LogP contribution in [0.2, 0.25) is 0 Å². The van der Waals surface area contributed by atoms with Gasteiger partial charge in [-0.1, -0.05) is 19.3 Å². The minimum Gasteiger partial charge on any atom is -0.162 e. The number of hydrogen-bond acceptors (Lipinski definition) is 1. The minimum atomic E-state index is -1.78. The summed E-state index contributed by atoms with van der Waals surface area (Å²) in [6.45, 7) is 0. The highest BCUT2D eigenvalue weighted by molar-refractivity contribution is 7.99. The molecule has 1 fully saturated rings. The number of rotatable bonds is 1. The summed E-state index contributed by atoms with van der Waals surface area (Å²) in [6, 6.07) is 0. The molecule has 0 bridgehead atoms. The van der Waals surface area contributed by atoms with Gasteiger partial charge in [-0.05, 0) is 19.0 Å². The van der Waals surface area contributed by atoms with E-state index in [4.69, 9.17) is 4.11 Å². The fraction of sp³-hybridized carbons (Fsp3) is 1.00. The van der Waals surface area contributed by atoms with E-state index in [1.807, 2.05) is 0 Å². The van der Waals surface area contributed by atoms with Crippen molar-refractivity contribution in [2.24, 2.45) is 0 Å². The second-order valence-corrected chi connectivity index (χ2v) is 3.28. The van der Waals surface area contributed by atoms with Gasteiger partial charge in [-0.15, -0.1) is 0 Å². The highest BCUT2D eigenvalue weighted by Gasteiger charge is 2.10. The van der Waals surface area contributed by atoms with Crippen molar-refractivity contribution in [3.05, 3.63) is 0 Å². The molecule has 0 aromatic heterocycles. The molecule has 0 aromatic rings. The Hall–Kier alpha value is 0.350. The Morgan fingerprint density at radius 3 is 2.75 bits per heavy atom. The molecule has 0 nitrogen and oxygen atoms in total. The maximum Gasteiger partial charge on any atom is 0.0344 e. The summed E-state index contributed by atoms with van der Waals surface area (Å²) in [4.78, 5) is 0. The van der Waals surface area contributed by atoms with Gasteiger partial charge in [0.1, 0.15) is 0 Å². The van der Waals surface area contributed by atoms with Crippen molar-refractivity contribution in [2.45, 2.75) is 37.4 Å². The van der Waals surface area contributed by atoms with Crippen molar-refractivity contribution in [2.75, 3.05) is 6.18 Å². The van der Waals surface area contributed by atoms with E-state index < -0.39 is 6.18 Å². The maximum absolute atomic E-state index is 7.06. The van der Waals surface area contributed by atoms with Crippen LogP contribution in [-0.2, 0) is 0 Å².